The molecule has 90 valence electrons. The van der Waals surface area contributed by atoms with Gasteiger partial charge in [0.1, 0.15) is 0 Å². The predicted octanol–water partition coefficient (Wildman–Crippen LogP) is 2.83. The molecule has 0 aromatic carbocycles. The highest BCUT2D eigenvalue weighted by Crippen LogP contribution is 2.26. The van der Waals surface area contributed by atoms with Gasteiger partial charge >= 0.3 is 0 Å². The second-order valence-electron chi connectivity index (χ2n) is 4.36. The van der Waals surface area contributed by atoms with Crippen LogP contribution in [0.1, 0.15) is 48.1 Å². The molecule has 0 bridgehead atoms. The number of nitrogens with zero attached hydrogens (tertiary/aromatic N) is 1. The quantitative estimate of drug-likeness (QED) is 0.862. The van der Waals surface area contributed by atoms with Crippen molar-refractivity contribution in [3.63, 3.8) is 0 Å². The van der Waals surface area contributed by atoms with Crippen LogP contribution in [-0.2, 0) is 4.74 Å². The summed E-state index contributed by atoms with van der Waals surface area (Å²) in [5, 5.41) is 11.0. The average Bonchev–Trinajstić information content (AvgIpc) is 2.89. The molecule has 2 rings (SSSR count). The summed E-state index contributed by atoms with van der Waals surface area (Å²) in [7, 11) is 0. The average molecular weight is 241 g/mol. The molecule has 2 heterocycles. The number of aromatic nitrogens is 1. The number of rotatable bonds is 5. The topological polar surface area (TPSA) is 42.4 Å². The highest BCUT2D eigenvalue weighted by Gasteiger charge is 2.16. The van der Waals surface area contributed by atoms with E-state index in [1.807, 2.05) is 6.92 Å². The molecule has 0 aliphatic carbocycles. The highest BCUT2D eigenvalue weighted by molar-refractivity contribution is 7.11. The molecule has 0 amide bonds. The molecule has 16 heavy (non-hydrogen) atoms. The van der Waals surface area contributed by atoms with Crippen LogP contribution in [-0.4, -0.2) is 22.8 Å². The molecular weight excluding hydrogens is 222 g/mol. The van der Waals surface area contributed by atoms with Gasteiger partial charge in [0, 0.05) is 12.8 Å². The van der Waals surface area contributed by atoms with Gasteiger partial charge in [-0.2, -0.15) is 0 Å². The minimum atomic E-state index is -0.340. The summed E-state index contributed by atoms with van der Waals surface area (Å²) in [5.74, 6) is 0. The Bertz CT molecular complexity index is 321. The zero-order valence-electron chi connectivity index (χ0n) is 9.69. The van der Waals surface area contributed by atoms with E-state index in [0.29, 0.717) is 6.10 Å². The third kappa shape index (κ3) is 3.27. The van der Waals surface area contributed by atoms with Crippen LogP contribution in [0.2, 0.25) is 0 Å². The molecule has 1 fully saturated rings. The van der Waals surface area contributed by atoms with Gasteiger partial charge in [-0.25, -0.2) is 4.98 Å². The van der Waals surface area contributed by atoms with Gasteiger partial charge in [0.15, 0.2) is 0 Å². The summed E-state index contributed by atoms with van der Waals surface area (Å²) in [6.45, 7) is 2.88. The fourth-order valence-electron chi connectivity index (χ4n) is 2.08. The molecule has 3 nitrogen and oxygen atoms in total. The Morgan fingerprint density at radius 1 is 1.69 bits per heavy atom. The number of ether oxygens (including phenoxy) is 1. The lowest BCUT2D eigenvalue weighted by molar-refractivity contribution is 0.0948. The van der Waals surface area contributed by atoms with Crippen molar-refractivity contribution < 1.29 is 9.84 Å². The molecule has 1 aromatic rings. The molecule has 0 spiro atoms. The Morgan fingerprint density at radius 2 is 2.56 bits per heavy atom. The zero-order chi connectivity index (χ0) is 11.4. The van der Waals surface area contributed by atoms with E-state index in [1.165, 1.54) is 12.8 Å². The largest absolute Gasteiger partial charge is 0.388 e. The van der Waals surface area contributed by atoms with Crippen molar-refractivity contribution in [3.05, 3.63) is 16.1 Å². The van der Waals surface area contributed by atoms with Crippen LogP contribution in [0, 0.1) is 6.92 Å². The van der Waals surface area contributed by atoms with Crippen molar-refractivity contribution in [2.24, 2.45) is 0 Å². The van der Waals surface area contributed by atoms with E-state index in [9.17, 15) is 5.11 Å². The first kappa shape index (κ1) is 12.0. The van der Waals surface area contributed by atoms with Gasteiger partial charge in [0.25, 0.3) is 0 Å². The molecule has 0 radical (unpaired) electrons. The molecule has 0 saturated carbocycles. The van der Waals surface area contributed by atoms with Crippen molar-refractivity contribution in [1.29, 1.82) is 0 Å². The van der Waals surface area contributed by atoms with Crippen LogP contribution in [0.4, 0.5) is 0 Å². The molecule has 4 heteroatoms. The van der Waals surface area contributed by atoms with Crippen LogP contribution >= 0.6 is 11.3 Å². The van der Waals surface area contributed by atoms with E-state index in [4.69, 9.17) is 4.74 Å². The van der Waals surface area contributed by atoms with E-state index >= 15 is 0 Å². The summed E-state index contributed by atoms with van der Waals surface area (Å²) < 4.78 is 5.55. The van der Waals surface area contributed by atoms with E-state index in [1.54, 1.807) is 17.5 Å². The molecule has 1 aliphatic heterocycles. The molecule has 1 saturated heterocycles. The first-order valence-electron chi connectivity index (χ1n) is 5.97. The summed E-state index contributed by atoms with van der Waals surface area (Å²) >= 11 is 1.59. The predicted molar refractivity (Wildman–Crippen MR) is 64.6 cm³/mol. The fraction of sp³-hybridized carbons (Fsp3) is 0.750. The number of hydrogen-bond acceptors (Lipinski definition) is 4. The highest BCUT2D eigenvalue weighted by atomic mass is 32.1. The fourth-order valence-corrected chi connectivity index (χ4v) is 2.89. The SMILES string of the molecule is Cc1ncc(C(O)CCCC2CCCO2)s1. The van der Waals surface area contributed by atoms with Crippen molar-refractivity contribution >= 4 is 11.3 Å². The second-order valence-corrected chi connectivity index (χ2v) is 5.63. The lowest BCUT2D eigenvalue weighted by Gasteiger charge is -2.11. The Labute approximate surface area is 100 Å². The summed E-state index contributed by atoms with van der Waals surface area (Å²) in [4.78, 5) is 5.15. The molecule has 1 N–H and O–H groups in total. The summed E-state index contributed by atoms with van der Waals surface area (Å²) in [5.41, 5.74) is 0. The third-order valence-corrected chi connectivity index (χ3v) is 4.01. The van der Waals surface area contributed by atoms with Crippen LogP contribution in [0.3, 0.4) is 0 Å². The number of thiazole rings is 1. The number of aliphatic hydroxyl groups is 1. The first-order valence-corrected chi connectivity index (χ1v) is 6.79. The Balaban J connectivity index is 1.69. The maximum absolute atomic E-state index is 9.94. The molecule has 1 aliphatic rings. The lowest BCUT2D eigenvalue weighted by Crippen LogP contribution is -2.05. The van der Waals surface area contributed by atoms with E-state index in [2.05, 4.69) is 4.98 Å². The molecule has 1 aromatic heterocycles. The molecule has 2 atom stereocenters. The van der Waals surface area contributed by atoms with Crippen LogP contribution in [0.5, 0.6) is 0 Å². The first-order chi connectivity index (χ1) is 7.75. The van der Waals surface area contributed by atoms with Gasteiger partial charge in [-0.05, 0) is 39.0 Å². The van der Waals surface area contributed by atoms with Crippen molar-refractivity contribution in [2.75, 3.05) is 6.61 Å². The van der Waals surface area contributed by atoms with Gasteiger partial charge in [-0.3, -0.25) is 0 Å². The van der Waals surface area contributed by atoms with Gasteiger partial charge in [0.2, 0.25) is 0 Å². The van der Waals surface area contributed by atoms with Crippen molar-refractivity contribution in [3.8, 4) is 0 Å². The number of hydrogen-bond donors (Lipinski definition) is 1. The smallest absolute Gasteiger partial charge is 0.0898 e. The maximum Gasteiger partial charge on any atom is 0.0898 e. The minimum absolute atomic E-state index is 0.340. The Kier molecular flexibility index (Phi) is 4.32. The van der Waals surface area contributed by atoms with E-state index < -0.39 is 0 Å². The second kappa shape index (κ2) is 5.75. The third-order valence-electron chi connectivity index (χ3n) is 3.00. The van der Waals surface area contributed by atoms with Crippen LogP contribution in [0.25, 0.3) is 0 Å². The zero-order valence-corrected chi connectivity index (χ0v) is 10.5. The monoisotopic (exact) mass is 241 g/mol. The van der Waals surface area contributed by atoms with Crippen molar-refractivity contribution in [2.45, 2.75) is 51.2 Å². The normalized spacial score (nSPS) is 22.5. The van der Waals surface area contributed by atoms with Gasteiger partial charge in [-0.15, -0.1) is 11.3 Å². The number of aryl methyl sites for hydroxylation is 1. The summed E-state index contributed by atoms with van der Waals surface area (Å²) in [6, 6.07) is 0. The summed E-state index contributed by atoms with van der Waals surface area (Å²) in [6.07, 6.45) is 7.20. The van der Waals surface area contributed by atoms with Crippen LogP contribution < -0.4 is 0 Å². The Morgan fingerprint density at radius 3 is 3.19 bits per heavy atom. The molecule has 2 unspecified atom stereocenters. The minimum Gasteiger partial charge on any atom is -0.388 e. The lowest BCUT2D eigenvalue weighted by atomic mass is 10.1. The van der Waals surface area contributed by atoms with E-state index in [0.717, 1.165) is 35.8 Å². The van der Waals surface area contributed by atoms with Crippen LogP contribution in [0.15, 0.2) is 6.20 Å². The van der Waals surface area contributed by atoms with E-state index in [-0.39, 0.29) is 6.10 Å². The standard InChI is InChI=1S/C12H19NO2S/c1-9-13-8-12(16-9)11(14)6-2-4-10-5-3-7-15-10/h8,10-11,14H,2-7H2,1H3. The maximum atomic E-state index is 9.94. The molecular formula is C12H19NO2S. The van der Waals surface area contributed by atoms with Gasteiger partial charge < -0.3 is 9.84 Å². The van der Waals surface area contributed by atoms with Gasteiger partial charge in [0.05, 0.1) is 22.1 Å². The van der Waals surface area contributed by atoms with Crippen molar-refractivity contribution in [1.82, 2.24) is 4.98 Å². The van der Waals surface area contributed by atoms with Gasteiger partial charge in [-0.1, -0.05) is 0 Å². The number of aliphatic hydroxyl groups excluding tert-OH is 1. The Hall–Kier alpha value is -0.450.